The van der Waals surface area contributed by atoms with Crippen molar-refractivity contribution < 1.29 is 14.2 Å². The smallest absolute Gasteiger partial charge is 0.262 e. The SMILES string of the molecule is COCCCn1c(SCc2cc(Cl)cc3c2OCOC3)nc2cc(Cl)ccc2c1=O. The molecule has 0 aliphatic carbocycles. The van der Waals surface area contributed by atoms with Gasteiger partial charge in [0.2, 0.25) is 0 Å². The van der Waals surface area contributed by atoms with Crippen molar-refractivity contribution in [1.29, 1.82) is 0 Å². The second-order valence-electron chi connectivity index (χ2n) is 6.81. The number of methoxy groups -OCH3 is 1. The van der Waals surface area contributed by atoms with E-state index in [4.69, 9.17) is 42.4 Å². The lowest BCUT2D eigenvalue weighted by Crippen LogP contribution is -2.24. The van der Waals surface area contributed by atoms with E-state index < -0.39 is 0 Å². The topological polar surface area (TPSA) is 62.6 Å². The third-order valence-electron chi connectivity index (χ3n) is 4.72. The second kappa shape index (κ2) is 9.58. The number of nitrogens with zero attached hydrogens (tertiary/aromatic N) is 2. The first-order chi connectivity index (χ1) is 14.6. The van der Waals surface area contributed by atoms with Gasteiger partial charge in [-0.25, -0.2) is 4.98 Å². The molecule has 0 unspecified atom stereocenters. The Kier molecular flexibility index (Phi) is 6.85. The quantitative estimate of drug-likeness (QED) is 0.280. The summed E-state index contributed by atoms with van der Waals surface area (Å²) in [5.41, 5.74) is 2.35. The highest BCUT2D eigenvalue weighted by Crippen LogP contribution is 2.35. The van der Waals surface area contributed by atoms with Gasteiger partial charge in [-0.15, -0.1) is 0 Å². The molecule has 6 nitrogen and oxygen atoms in total. The maximum Gasteiger partial charge on any atom is 0.262 e. The summed E-state index contributed by atoms with van der Waals surface area (Å²) in [4.78, 5) is 17.8. The van der Waals surface area contributed by atoms with Crippen LogP contribution in [0.5, 0.6) is 5.75 Å². The van der Waals surface area contributed by atoms with E-state index in [1.165, 1.54) is 11.8 Å². The average Bonchev–Trinajstić information content (AvgIpc) is 2.73. The lowest BCUT2D eigenvalue weighted by Gasteiger charge is -2.21. The third kappa shape index (κ3) is 4.60. The van der Waals surface area contributed by atoms with Crippen molar-refractivity contribution in [3.05, 3.63) is 61.9 Å². The lowest BCUT2D eigenvalue weighted by atomic mass is 10.1. The minimum Gasteiger partial charge on any atom is -0.467 e. The molecule has 9 heteroatoms. The molecule has 0 atom stereocenters. The van der Waals surface area contributed by atoms with Crippen LogP contribution in [0.2, 0.25) is 10.0 Å². The van der Waals surface area contributed by atoms with Crippen LogP contribution < -0.4 is 10.3 Å². The van der Waals surface area contributed by atoms with Gasteiger partial charge >= 0.3 is 0 Å². The van der Waals surface area contributed by atoms with Crippen LogP contribution in [0.15, 0.2) is 40.3 Å². The summed E-state index contributed by atoms with van der Waals surface area (Å²) in [7, 11) is 1.64. The van der Waals surface area contributed by atoms with Crippen LogP contribution in [0.3, 0.4) is 0 Å². The molecule has 0 fully saturated rings. The summed E-state index contributed by atoms with van der Waals surface area (Å²) < 4.78 is 17.9. The van der Waals surface area contributed by atoms with Crippen LogP contribution in [-0.2, 0) is 28.4 Å². The summed E-state index contributed by atoms with van der Waals surface area (Å²) in [6.45, 7) is 1.74. The molecular formula is C21H20Cl2N2O4S. The Morgan fingerprint density at radius 1 is 1.23 bits per heavy atom. The molecule has 3 aromatic rings. The van der Waals surface area contributed by atoms with Gasteiger partial charge in [0, 0.05) is 47.2 Å². The summed E-state index contributed by atoms with van der Waals surface area (Å²) in [6, 6.07) is 8.86. The first-order valence-corrected chi connectivity index (χ1v) is 11.1. The molecule has 0 saturated heterocycles. The van der Waals surface area contributed by atoms with Crippen molar-refractivity contribution in [2.45, 2.75) is 30.5 Å². The van der Waals surface area contributed by atoms with Gasteiger partial charge in [-0.3, -0.25) is 9.36 Å². The van der Waals surface area contributed by atoms with Crippen molar-refractivity contribution in [2.24, 2.45) is 0 Å². The number of hydrogen-bond donors (Lipinski definition) is 0. The molecule has 0 spiro atoms. The van der Waals surface area contributed by atoms with Gasteiger partial charge in [-0.05, 0) is 36.8 Å². The molecule has 1 aliphatic rings. The van der Waals surface area contributed by atoms with Crippen LogP contribution in [0.25, 0.3) is 10.9 Å². The second-order valence-corrected chi connectivity index (χ2v) is 8.63. The molecule has 0 radical (unpaired) electrons. The van der Waals surface area contributed by atoms with Crippen LogP contribution in [0.4, 0.5) is 0 Å². The highest BCUT2D eigenvalue weighted by Gasteiger charge is 2.18. The van der Waals surface area contributed by atoms with Gasteiger partial charge in [0.05, 0.1) is 17.5 Å². The summed E-state index contributed by atoms with van der Waals surface area (Å²) in [6.07, 6.45) is 0.706. The summed E-state index contributed by atoms with van der Waals surface area (Å²) in [5, 5.41) is 2.32. The van der Waals surface area contributed by atoms with E-state index in [1.54, 1.807) is 29.9 Å². The van der Waals surface area contributed by atoms with Gasteiger partial charge in [0.25, 0.3) is 5.56 Å². The fourth-order valence-electron chi connectivity index (χ4n) is 3.35. The third-order valence-corrected chi connectivity index (χ3v) is 6.20. The maximum absolute atomic E-state index is 13.1. The monoisotopic (exact) mass is 466 g/mol. The zero-order valence-corrected chi connectivity index (χ0v) is 18.6. The van der Waals surface area contributed by atoms with Crippen molar-refractivity contribution in [2.75, 3.05) is 20.5 Å². The molecule has 2 heterocycles. The number of halogens is 2. The predicted molar refractivity (Wildman–Crippen MR) is 119 cm³/mol. The fourth-order valence-corrected chi connectivity index (χ4v) is 4.78. The highest BCUT2D eigenvalue weighted by molar-refractivity contribution is 7.98. The fraction of sp³-hybridized carbons (Fsp3) is 0.333. The molecule has 1 aromatic heterocycles. The van der Waals surface area contributed by atoms with E-state index in [0.717, 1.165) is 16.9 Å². The van der Waals surface area contributed by atoms with Crippen molar-refractivity contribution in [3.8, 4) is 5.75 Å². The molecule has 0 N–H and O–H groups in total. The Bertz CT molecular complexity index is 1140. The van der Waals surface area contributed by atoms with Gasteiger partial charge in [-0.1, -0.05) is 35.0 Å². The summed E-state index contributed by atoms with van der Waals surface area (Å²) >= 11 is 13.9. The van der Waals surface area contributed by atoms with Gasteiger partial charge < -0.3 is 14.2 Å². The van der Waals surface area contributed by atoms with Gasteiger partial charge in [0.1, 0.15) is 5.75 Å². The molecule has 0 amide bonds. The van der Waals surface area contributed by atoms with Crippen molar-refractivity contribution >= 4 is 45.9 Å². The van der Waals surface area contributed by atoms with Crippen molar-refractivity contribution in [3.63, 3.8) is 0 Å². The Balaban J connectivity index is 1.70. The number of rotatable bonds is 7. The number of benzene rings is 2. The molecule has 30 heavy (non-hydrogen) atoms. The molecule has 1 aliphatic heterocycles. The number of hydrogen-bond acceptors (Lipinski definition) is 6. The first-order valence-electron chi connectivity index (χ1n) is 9.40. The molecule has 2 aromatic carbocycles. The number of thioether (sulfide) groups is 1. The largest absolute Gasteiger partial charge is 0.467 e. The van der Waals surface area contributed by atoms with Crippen LogP contribution in [0.1, 0.15) is 17.5 Å². The van der Waals surface area contributed by atoms with Gasteiger partial charge in [-0.2, -0.15) is 0 Å². The minimum atomic E-state index is -0.0898. The number of aromatic nitrogens is 2. The van der Waals surface area contributed by atoms with E-state index in [-0.39, 0.29) is 12.4 Å². The molecule has 4 rings (SSSR count). The lowest BCUT2D eigenvalue weighted by molar-refractivity contribution is -0.0168. The molecule has 0 saturated carbocycles. The van der Waals surface area contributed by atoms with E-state index in [2.05, 4.69) is 0 Å². The zero-order chi connectivity index (χ0) is 21.1. The van der Waals surface area contributed by atoms with Gasteiger partial charge in [0.15, 0.2) is 11.9 Å². The van der Waals surface area contributed by atoms with E-state index in [1.807, 2.05) is 12.1 Å². The number of fused-ring (bicyclic) bond motifs is 2. The summed E-state index contributed by atoms with van der Waals surface area (Å²) in [5.74, 6) is 1.33. The normalized spacial score (nSPS) is 13.3. The molecule has 0 bridgehead atoms. The van der Waals surface area contributed by atoms with Crippen LogP contribution in [-0.4, -0.2) is 30.1 Å². The average molecular weight is 467 g/mol. The Hall–Kier alpha value is -1.77. The molecule has 158 valence electrons. The standard InChI is InChI=1S/C21H20Cl2N2O4S/c1-27-6-2-5-25-20(26)17-4-3-15(22)9-18(17)24-21(25)30-11-14-8-16(23)7-13-10-28-12-29-19(13)14/h3-4,7-9H,2,5-6,10-12H2,1H3. The predicted octanol–water partition coefficient (Wildman–Crippen LogP) is 4.90. The number of ether oxygens (including phenoxy) is 3. The van der Waals surface area contributed by atoms with Crippen LogP contribution >= 0.6 is 35.0 Å². The highest BCUT2D eigenvalue weighted by atomic mass is 35.5. The maximum atomic E-state index is 13.1. The first kappa shape index (κ1) is 21.5. The zero-order valence-electron chi connectivity index (χ0n) is 16.3. The Morgan fingerprint density at radius 3 is 2.93 bits per heavy atom. The molecular weight excluding hydrogens is 447 g/mol. The van der Waals surface area contributed by atoms with Crippen molar-refractivity contribution in [1.82, 2.24) is 9.55 Å². The Morgan fingerprint density at radius 2 is 2.10 bits per heavy atom. The Labute approximate surface area is 188 Å². The van der Waals surface area contributed by atoms with E-state index >= 15 is 0 Å². The minimum absolute atomic E-state index is 0.0898. The van der Waals surface area contributed by atoms with E-state index in [9.17, 15) is 4.79 Å². The van der Waals surface area contributed by atoms with E-state index in [0.29, 0.717) is 58.0 Å². The van der Waals surface area contributed by atoms with Crippen LogP contribution in [0, 0.1) is 0 Å².